The lowest BCUT2D eigenvalue weighted by Crippen LogP contribution is -2.48. The van der Waals surface area contributed by atoms with Gasteiger partial charge in [-0.2, -0.15) is 0 Å². The molecule has 10 heteroatoms. The molecular weight excluding hydrogens is 442 g/mol. The molecule has 0 unspecified atom stereocenters. The highest BCUT2D eigenvalue weighted by Gasteiger charge is 2.34. The smallest absolute Gasteiger partial charge is 0.338 e. The number of ether oxygens (including phenoxy) is 5. The van der Waals surface area contributed by atoms with Crippen LogP contribution in [0.4, 0.5) is 4.79 Å². The second-order valence-corrected chi connectivity index (χ2v) is 7.46. The molecule has 0 aromatic heterocycles. The number of fused-ring (bicyclic) bond motifs is 1. The maximum atomic E-state index is 12.9. The molecule has 0 bridgehead atoms. The van der Waals surface area contributed by atoms with Crippen LogP contribution in [0.5, 0.6) is 23.0 Å². The highest BCUT2D eigenvalue weighted by molar-refractivity contribution is 5.95. The topological polar surface area (TPSA) is 116 Å². The fraction of sp³-hybridized carbons (Fsp3) is 0.333. The van der Waals surface area contributed by atoms with Crippen molar-refractivity contribution < 1.29 is 33.3 Å². The summed E-state index contributed by atoms with van der Waals surface area (Å²) < 4.78 is 26.9. The summed E-state index contributed by atoms with van der Waals surface area (Å²) in [5, 5.41) is 8.75. The van der Waals surface area contributed by atoms with Gasteiger partial charge in [-0.15, -0.1) is 0 Å². The van der Waals surface area contributed by atoms with Crippen LogP contribution in [0.15, 0.2) is 53.7 Å². The number of benzene rings is 2. The SMILES string of the molecule is CCOC(=O)C1=C(CNCCOc2ccc(OC)cc2)NC(=O)N[C@@H]1c1ccc2c(c1)OCO2. The largest absolute Gasteiger partial charge is 0.497 e. The van der Waals surface area contributed by atoms with E-state index in [-0.39, 0.29) is 19.9 Å². The third-order valence-electron chi connectivity index (χ3n) is 5.29. The van der Waals surface area contributed by atoms with Gasteiger partial charge in [-0.1, -0.05) is 6.07 Å². The summed E-state index contributed by atoms with van der Waals surface area (Å²) >= 11 is 0. The van der Waals surface area contributed by atoms with Crippen molar-refractivity contribution in [1.29, 1.82) is 0 Å². The second-order valence-electron chi connectivity index (χ2n) is 7.46. The van der Waals surface area contributed by atoms with Crippen LogP contribution in [-0.4, -0.2) is 52.2 Å². The van der Waals surface area contributed by atoms with Gasteiger partial charge in [-0.3, -0.25) is 0 Å². The lowest BCUT2D eigenvalue weighted by Gasteiger charge is -2.29. The fourth-order valence-corrected chi connectivity index (χ4v) is 3.68. The second kappa shape index (κ2) is 10.8. The number of methoxy groups -OCH3 is 1. The number of amides is 2. The van der Waals surface area contributed by atoms with E-state index in [1.165, 1.54) is 0 Å². The first kappa shape index (κ1) is 23.2. The summed E-state index contributed by atoms with van der Waals surface area (Å²) in [6.07, 6.45) is 0. The van der Waals surface area contributed by atoms with E-state index in [1.807, 2.05) is 24.3 Å². The van der Waals surface area contributed by atoms with E-state index < -0.39 is 18.0 Å². The van der Waals surface area contributed by atoms with Crippen molar-refractivity contribution in [3.63, 3.8) is 0 Å². The Morgan fingerprint density at radius 2 is 1.88 bits per heavy atom. The van der Waals surface area contributed by atoms with Crippen LogP contribution in [0.25, 0.3) is 0 Å². The molecule has 2 aliphatic heterocycles. The molecule has 0 radical (unpaired) electrons. The van der Waals surface area contributed by atoms with Crippen molar-refractivity contribution in [2.75, 3.05) is 40.2 Å². The van der Waals surface area contributed by atoms with Gasteiger partial charge in [0.05, 0.1) is 25.3 Å². The third-order valence-corrected chi connectivity index (χ3v) is 5.29. The summed E-state index contributed by atoms with van der Waals surface area (Å²) in [5.74, 6) is 2.13. The van der Waals surface area contributed by atoms with Crippen molar-refractivity contribution in [3.05, 3.63) is 59.3 Å². The van der Waals surface area contributed by atoms with E-state index in [1.54, 1.807) is 32.2 Å². The van der Waals surface area contributed by atoms with Crippen molar-refractivity contribution in [1.82, 2.24) is 16.0 Å². The van der Waals surface area contributed by atoms with E-state index >= 15 is 0 Å². The number of hydrogen-bond acceptors (Lipinski definition) is 8. The summed E-state index contributed by atoms with van der Waals surface area (Å²) in [7, 11) is 1.61. The molecule has 2 amide bonds. The van der Waals surface area contributed by atoms with E-state index in [0.29, 0.717) is 47.2 Å². The van der Waals surface area contributed by atoms with Gasteiger partial charge in [0, 0.05) is 18.8 Å². The number of esters is 1. The zero-order valence-electron chi connectivity index (χ0n) is 19.0. The van der Waals surface area contributed by atoms with Crippen LogP contribution in [0.1, 0.15) is 18.5 Å². The number of urea groups is 1. The Bertz CT molecular complexity index is 1070. The van der Waals surface area contributed by atoms with Gasteiger partial charge in [0.1, 0.15) is 18.1 Å². The highest BCUT2D eigenvalue weighted by atomic mass is 16.7. The van der Waals surface area contributed by atoms with Crippen LogP contribution < -0.4 is 34.9 Å². The first-order valence-electron chi connectivity index (χ1n) is 10.9. The van der Waals surface area contributed by atoms with Gasteiger partial charge >= 0.3 is 12.0 Å². The summed E-state index contributed by atoms with van der Waals surface area (Å²) in [4.78, 5) is 25.3. The van der Waals surface area contributed by atoms with Crippen molar-refractivity contribution >= 4 is 12.0 Å². The van der Waals surface area contributed by atoms with Crippen molar-refractivity contribution in [3.8, 4) is 23.0 Å². The molecule has 0 saturated heterocycles. The minimum absolute atomic E-state index is 0.131. The zero-order chi connectivity index (χ0) is 23.9. The molecule has 10 nitrogen and oxygen atoms in total. The van der Waals surface area contributed by atoms with E-state index in [4.69, 9.17) is 23.7 Å². The molecule has 2 aliphatic rings. The first-order chi connectivity index (χ1) is 16.6. The Morgan fingerprint density at radius 3 is 2.65 bits per heavy atom. The number of hydrogen-bond donors (Lipinski definition) is 3. The Hall–Kier alpha value is -3.92. The molecule has 2 aromatic rings. The lowest BCUT2D eigenvalue weighted by molar-refractivity contribution is -0.139. The average molecular weight is 469 g/mol. The number of nitrogens with one attached hydrogen (secondary N) is 3. The third kappa shape index (κ3) is 5.34. The average Bonchev–Trinajstić information content (AvgIpc) is 3.32. The summed E-state index contributed by atoms with van der Waals surface area (Å²) in [6, 6.07) is 11.5. The van der Waals surface area contributed by atoms with Gasteiger partial charge in [0.25, 0.3) is 0 Å². The molecule has 1 atom stereocenters. The van der Waals surface area contributed by atoms with E-state index in [9.17, 15) is 9.59 Å². The number of carbonyl (C=O) groups is 2. The zero-order valence-corrected chi connectivity index (χ0v) is 19.0. The molecule has 0 fully saturated rings. The van der Waals surface area contributed by atoms with Crippen LogP contribution in [0, 0.1) is 0 Å². The van der Waals surface area contributed by atoms with Crippen LogP contribution in [0.3, 0.4) is 0 Å². The molecule has 2 heterocycles. The summed E-state index contributed by atoms with van der Waals surface area (Å²) in [6.45, 7) is 3.20. The fourth-order valence-electron chi connectivity index (χ4n) is 3.68. The van der Waals surface area contributed by atoms with Gasteiger partial charge in [-0.25, -0.2) is 9.59 Å². The molecule has 4 rings (SSSR count). The minimum Gasteiger partial charge on any atom is -0.497 e. The maximum Gasteiger partial charge on any atom is 0.338 e. The Balaban J connectivity index is 1.45. The van der Waals surface area contributed by atoms with Gasteiger partial charge in [-0.05, 0) is 48.9 Å². The maximum absolute atomic E-state index is 12.9. The first-order valence-corrected chi connectivity index (χ1v) is 10.9. The quantitative estimate of drug-likeness (QED) is 0.359. The minimum atomic E-state index is -0.699. The standard InChI is InChI=1S/C24H27N3O7/c1-3-31-23(28)21-18(13-25-10-11-32-17-7-5-16(30-2)6-8-17)26-24(29)27-22(21)15-4-9-19-20(12-15)34-14-33-19/h4-9,12,22,25H,3,10-11,13-14H2,1-2H3,(H2,26,27,29)/t22-/m1/s1. The number of rotatable bonds is 10. The predicted octanol–water partition coefficient (Wildman–Crippen LogP) is 2.26. The molecule has 2 aromatic carbocycles. The molecule has 180 valence electrons. The molecule has 0 spiro atoms. The van der Waals surface area contributed by atoms with Gasteiger partial charge in [0.2, 0.25) is 6.79 Å². The van der Waals surface area contributed by atoms with E-state index in [0.717, 1.165) is 5.75 Å². The van der Waals surface area contributed by atoms with Gasteiger partial charge < -0.3 is 39.6 Å². The van der Waals surface area contributed by atoms with Gasteiger partial charge in [0.15, 0.2) is 11.5 Å². The summed E-state index contributed by atoms with van der Waals surface area (Å²) in [5.41, 5.74) is 1.45. The Labute approximate surface area is 197 Å². The Morgan fingerprint density at radius 1 is 1.12 bits per heavy atom. The van der Waals surface area contributed by atoms with Crippen LogP contribution in [0.2, 0.25) is 0 Å². The Kier molecular flexibility index (Phi) is 7.38. The number of carbonyl (C=O) groups excluding carboxylic acids is 2. The lowest BCUT2D eigenvalue weighted by atomic mass is 9.94. The monoisotopic (exact) mass is 469 g/mol. The predicted molar refractivity (Wildman–Crippen MR) is 122 cm³/mol. The highest BCUT2D eigenvalue weighted by Crippen LogP contribution is 2.37. The van der Waals surface area contributed by atoms with Crippen molar-refractivity contribution in [2.24, 2.45) is 0 Å². The molecule has 3 N–H and O–H groups in total. The molecular formula is C24H27N3O7. The molecule has 0 saturated carbocycles. The normalized spacial score (nSPS) is 16.5. The van der Waals surface area contributed by atoms with Crippen LogP contribution in [-0.2, 0) is 9.53 Å². The molecule has 34 heavy (non-hydrogen) atoms. The van der Waals surface area contributed by atoms with E-state index in [2.05, 4.69) is 16.0 Å². The van der Waals surface area contributed by atoms with Crippen molar-refractivity contribution in [2.45, 2.75) is 13.0 Å². The van der Waals surface area contributed by atoms with Crippen LogP contribution >= 0.6 is 0 Å². The molecule has 0 aliphatic carbocycles.